The molecule has 0 amide bonds. The van der Waals surface area contributed by atoms with E-state index in [0.29, 0.717) is 6.61 Å². The quantitative estimate of drug-likeness (QED) is 0.897. The molecule has 1 N–H and O–H groups in total. The van der Waals surface area contributed by atoms with E-state index in [2.05, 4.69) is 20.8 Å². The molecule has 0 radical (unpaired) electrons. The first-order valence-corrected chi connectivity index (χ1v) is 6.91. The summed E-state index contributed by atoms with van der Waals surface area (Å²) in [6.07, 6.45) is 0. The highest BCUT2D eigenvalue weighted by Gasteiger charge is 2.09. The Kier molecular flexibility index (Phi) is 5.44. The van der Waals surface area contributed by atoms with Gasteiger partial charge in [0.05, 0.1) is 19.8 Å². The summed E-state index contributed by atoms with van der Waals surface area (Å²) in [5, 5.41) is 9.16. The van der Waals surface area contributed by atoms with Crippen LogP contribution in [0.4, 0.5) is 0 Å². The second-order valence-corrected chi connectivity index (χ2v) is 5.07. The number of morpholine rings is 1. The van der Waals surface area contributed by atoms with Gasteiger partial charge in [-0.25, -0.2) is 0 Å². The van der Waals surface area contributed by atoms with E-state index in [4.69, 9.17) is 14.6 Å². The maximum atomic E-state index is 9.16. The van der Waals surface area contributed by atoms with Crippen LogP contribution in [0.5, 0.6) is 5.75 Å². The van der Waals surface area contributed by atoms with Crippen molar-refractivity contribution in [1.29, 1.82) is 0 Å². The third-order valence-corrected chi connectivity index (χ3v) is 3.74. The molecule has 1 heterocycles. The molecule has 1 aromatic carbocycles. The van der Waals surface area contributed by atoms with Gasteiger partial charge in [0.2, 0.25) is 0 Å². The highest BCUT2D eigenvalue weighted by molar-refractivity contribution is 9.10. The van der Waals surface area contributed by atoms with Crippen LogP contribution >= 0.6 is 15.9 Å². The predicted molar refractivity (Wildman–Crippen MR) is 72.8 cm³/mol. The zero-order chi connectivity index (χ0) is 12.8. The molecule has 0 aromatic heterocycles. The molecule has 2 rings (SSSR count). The Bertz CT molecular complexity index is 380. The lowest BCUT2D eigenvalue weighted by molar-refractivity contribution is 0.0322. The van der Waals surface area contributed by atoms with Gasteiger partial charge in [-0.1, -0.05) is 15.9 Å². The maximum Gasteiger partial charge on any atom is 0.119 e. The molecular weight excluding hydrogens is 298 g/mol. The molecule has 1 fully saturated rings. The number of ether oxygens (including phenoxy) is 2. The Morgan fingerprint density at radius 2 is 2.11 bits per heavy atom. The number of nitrogens with zero attached hydrogens (tertiary/aromatic N) is 1. The van der Waals surface area contributed by atoms with Crippen LogP contribution in [0.1, 0.15) is 5.56 Å². The van der Waals surface area contributed by atoms with Gasteiger partial charge in [0.25, 0.3) is 0 Å². The van der Waals surface area contributed by atoms with E-state index in [1.54, 1.807) is 0 Å². The fraction of sp³-hybridized carbons (Fsp3) is 0.538. The monoisotopic (exact) mass is 315 g/mol. The van der Waals surface area contributed by atoms with Gasteiger partial charge >= 0.3 is 0 Å². The molecule has 1 saturated heterocycles. The standard InChI is InChI=1S/C13H18BrNO3/c14-13-2-1-12(9-11(13)10-16)18-8-5-15-3-6-17-7-4-15/h1-2,9,16H,3-8,10H2. The molecule has 4 nitrogen and oxygen atoms in total. The van der Waals surface area contributed by atoms with E-state index in [1.807, 2.05) is 18.2 Å². The van der Waals surface area contributed by atoms with Crippen molar-refractivity contribution in [2.75, 3.05) is 39.5 Å². The Morgan fingerprint density at radius 1 is 1.33 bits per heavy atom. The van der Waals surface area contributed by atoms with Crippen molar-refractivity contribution in [1.82, 2.24) is 4.90 Å². The highest BCUT2D eigenvalue weighted by Crippen LogP contribution is 2.22. The summed E-state index contributed by atoms with van der Waals surface area (Å²) in [7, 11) is 0. The van der Waals surface area contributed by atoms with Gasteiger partial charge < -0.3 is 14.6 Å². The smallest absolute Gasteiger partial charge is 0.119 e. The van der Waals surface area contributed by atoms with Crippen LogP contribution in [0.2, 0.25) is 0 Å². The molecule has 18 heavy (non-hydrogen) atoms. The number of aliphatic hydroxyl groups excluding tert-OH is 1. The predicted octanol–water partition coefficient (Wildman–Crippen LogP) is 1.65. The summed E-state index contributed by atoms with van der Waals surface area (Å²) in [4.78, 5) is 2.33. The van der Waals surface area contributed by atoms with Gasteiger partial charge in [0.15, 0.2) is 0 Å². The Labute approximate surface area is 116 Å². The van der Waals surface area contributed by atoms with Crippen molar-refractivity contribution in [2.24, 2.45) is 0 Å². The molecule has 1 aromatic rings. The number of benzene rings is 1. The zero-order valence-electron chi connectivity index (χ0n) is 10.3. The average Bonchev–Trinajstić information content (AvgIpc) is 2.42. The van der Waals surface area contributed by atoms with E-state index >= 15 is 0 Å². The third-order valence-electron chi connectivity index (χ3n) is 2.97. The van der Waals surface area contributed by atoms with Crippen LogP contribution < -0.4 is 4.74 Å². The minimum absolute atomic E-state index is 0.0151. The largest absolute Gasteiger partial charge is 0.492 e. The lowest BCUT2D eigenvalue weighted by atomic mass is 10.2. The first-order valence-electron chi connectivity index (χ1n) is 6.12. The first kappa shape index (κ1) is 13.8. The fourth-order valence-electron chi connectivity index (χ4n) is 1.88. The lowest BCUT2D eigenvalue weighted by Crippen LogP contribution is -2.38. The van der Waals surface area contributed by atoms with Crippen LogP contribution in [0.15, 0.2) is 22.7 Å². The van der Waals surface area contributed by atoms with E-state index in [-0.39, 0.29) is 6.61 Å². The number of hydrogen-bond acceptors (Lipinski definition) is 4. The molecule has 0 bridgehead atoms. The van der Waals surface area contributed by atoms with E-state index in [0.717, 1.165) is 48.6 Å². The molecule has 0 aliphatic carbocycles. The normalized spacial score (nSPS) is 16.8. The second-order valence-electron chi connectivity index (χ2n) is 4.21. The molecule has 0 unspecified atom stereocenters. The molecule has 0 atom stereocenters. The summed E-state index contributed by atoms with van der Waals surface area (Å²) in [6, 6.07) is 5.67. The van der Waals surface area contributed by atoms with Crippen LogP contribution in [-0.2, 0) is 11.3 Å². The summed E-state index contributed by atoms with van der Waals surface area (Å²) >= 11 is 3.38. The Balaban J connectivity index is 1.79. The van der Waals surface area contributed by atoms with Crippen LogP contribution in [0.25, 0.3) is 0 Å². The fourth-order valence-corrected chi connectivity index (χ4v) is 2.25. The minimum Gasteiger partial charge on any atom is -0.492 e. The maximum absolute atomic E-state index is 9.16. The molecule has 1 aliphatic heterocycles. The number of aliphatic hydroxyl groups is 1. The third kappa shape index (κ3) is 3.95. The van der Waals surface area contributed by atoms with Crippen LogP contribution in [0.3, 0.4) is 0 Å². The van der Waals surface area contributed by atoms with Gasteiger partial charge in [-0.3, -0.25) is 4.90 Å². The summed E-state index contributed by atoms with van der Waals surface area (Å²) < 4.78 is 11.9. The van der Waals surface area contributed by atoms with Crippen LogP contribution in [-0.4, -0.2) is 49.5 Å². The van der Waals surface area contributed by atoms with Crippen LogP contribution in [0, 0.1) is 0 Å². The van der Waals surface area contributed by atoms with Crippen molar-refractivity contribution in [3.63, 3.8) is 0 Å². The zero-order valence-corrected chi connectivity index (χ0v) is 11.9. The van der Waals surface area contributed by atoms with E-state index < -0.39 is 0 Å². The SMILES string of the molecule is OCc1cc(OCCN2CCOCC2)ccc1Br. The minimum atomic E-state index is 0.0151. The molecular formula is C13H18BrNO3. The van der Waals surface area contributed by atoms with Crippen molar-refractivity contribution >= 4 is 15.9 Å². The number of rotatable bonds is 5. The van der Waals surface area contributed by atoms with E-state index in [9.17, 15) is 0 Å². The second kappa shape index (κ2) is 7.09. The lowest BCUT2D eigenvalue weighted by Gasteiger charge is -2.26. The Morgan fingerprint density at radius 3 is 2.83 bits per heavy atom. The summed E-state index contributed by atoms with van der Waals surface area (Å²) in [5.41, 5.74) is 0.846. The van der Waals surface area contributed by atoms with Crippen molar-refractivity contribution < 1.29 is 14.6 Å². The Hall–Kier alpha value is -0.620. The van der Waals surface area contributed by atoms with Crippen molar-refractivity contribution in [3.05, 3.63) is 28.2 Å². The van der Waals surface area contributed by atoms with Crippen molar-refractivity contribution in [2.45, 2.75) is 6.61 Å². The molecule has 0 saturated carbocycles. The average molecular weight is 316 g/mol. The topological polar surface area (TPSA) is 41.9 Å². The number of halogens is 1. The van der Waals surface area contributed by atoms with Gasteiger partial charge in [-0.05, 0) is 23.8 Å². The molecule has 100 valence electrons. The molecule has 1 aliphatic rings. The number of hydrogen-bond donors (Lipinski definition) is 1. The summed E-state index contributed by atoms with van der Waals surface area (Å²) in [6.45, 7) is 5.17. The van der Waals surface area contributed by atoms with Gasteiger partial charge in [0.1, 0.15) is 12.4 Å². The first-order chi connectivity index (χ1) is 8.79. The molecule has 5 heteroatoms. The summed E-state index contributed by atoms with van der Waals surface area (Å²) in [5.74, 6) is 0.801. The highest BCUT2D eigenvalue weighted by atomic mass is 79.9. The van der Waals surface area contributed by atoms with Crippen molar-refractivity contribution in [3.8, 4) is 5.75 Å². The van der Waals surface area contributed by atoms with Gasteiger partial charge in [-0.2, -0.15) is 0 Å². The van der Waals surface area contributed by atoms with E-state index in [1.165, 1.54) is 0 Å². The van der Waals surface area contributed by atoms with Gasteiger partial charge in [-0.15, -0.1) is 0 Å². The molecule has 0 spiro atoms. The van der Waals surface area contributed by atoms with Gasteiger partial charge in [0, 0.05) is 24.1 Å².